The average Bonchev–Trinajstić information content (AvgIpc) is 3.58. The molecule has 33 heavy (non-hydrogen) atoms. The second-order valence-electron chi connectivity index (χ2n) is 8.69. The number of hydrogen-bond acceptors (Lipinski definition) is 5. The fourth-order valence-corrected chi connectivity index (χ4v) is 4.73. The summed E-state index contributed by atoms with van der Waals surface area (Å²) in [6.45, 7) is 3.77. The number of rotatable bonds is 6. The zero-order valence-electron chi connectivity index (χ0n) is 18.8. The van der Waals surface area contributed by atoms with Crippen LogP contribution in [0.3, 0.4) is 0 Å². The number of hydrogen-bond donors (Lipinski definition) is 1. The van der Waals surface area contributed by atoms with Gasteiger partial charge in [0.25, 0.3) is 5.91 Å². The van der Waals surface area contributed by atoms with Crippen molar-refractivity contribution in [3.63, 3.8) is 0 Å². The Morgan fingerprint density at radius 2 is 1.79 bits per heavy atom. The Balaban J connectivity index is 1.23. The summed E-state index contributed by atoms with van der Waals surface area (Å²) in [5, 5.41) is 7.39. The molecule has 170 valence electrons. The number of anilines is 2. The first kappa shape index (κ1) is 21.2. The van der Waals surface area contributed by atoms with Gasteiger partial charge in [0.15, 0.2) is 12.3 Å². The van der Waals surface area contributed by atoms with E-state index in [1.54, 1.807) is 0 Å². The molecule has 1 fully saturated rings. The Morgan fingerprint density at radius 3 is 2.55 bits per heavy atom. The highest BCUT2D eigenvalue weighted by atomic mass is 16.5. The molecule has 5 rings (SSSR count). The predicted molar refractivity (Wildman–Crippen MR) is 127 cm³/mol. The summed E-state index contributed by atoms with van der Waals surface area (Å²) in [5.41, 5.74) is 6.10. The number of amides is 1. The number of carbonyl (C=O) groups is 2. The van der Waals surface area contributed by atoms with E-state index in [1.165, 1.54) is 18.5 Å². The molecule has 0 spiro atoms. The Hall–Kier alpha value is -3.61. The Labute approximate surface area is 193 Å². The molecule has 0 saturated carbocycles. The van der Waals surface area contributed by atoms with Gasteiger partial charge in [0.05, 0.1) is 5.69 Å². The molecule has 0 atom stereocenters. The zero-order chi connectivity index (χ0) is 22.8. The van der Waals surface area contributed by atoms with Gasteiger partial charge in [-0.3, -0.25) is 4.79 Å². The number of aryl methyl sites for hydroxylation is 1. The SMILES string of the molecule is Cc1cc(N2CCCC2)ccc1NC(=O)COC(=O)c1nn(-c2ccccc2)c2c1CCC2. The predicted octanol–water partition coefficient (Wildman–Crippen LogP) is 4.07. The summed E-state index contributed by atoms with van der Waals surface area (Å²) in [5.74, 6) is -0.918. The quantitative estimate of drug-likeness (QED) is 0.580. The van der Waals surface area contributed by atoms with E-state index in [0.717, 1.165) is 60.5 Å². The van der Waals surface area contributed by atoms with Gasteiger partial charge in [-0.15, -0.1) is 0 Å². The van der Waals surface area contributed by atoms with Gasteiger partial charge in [-0.1, -0.05) is 18.2 Å². The summed E-state index contributed by atoms with van der Waals surface area (Å²) in [7, 11) is 0. The van der Waals surface area contributed by atoms with Gasteiger partial charge in [0, 0.05) is 35.7 Å². The van der Waals surface area contributed by atoms with Crippen molar-refractivity contribution in [2.45, 2.75) is 39.0 Å². The maximum atomic E-state index is 12.8. The van der Waals surface area contributed by atoms with Gasteiger partial charge < -0.3 is 15.0 Å². The minimum Gasteiger partial charge on any atom is -0.451 e. The molecule has 1 saturated heterocycles. The fourth-order valence-electron chi connectivity index (χ4n) is 4.73. The van der Waals surface area contributed by atoms with Crippen molar-refractivity contribution in [1.29, 1.82) is 0 Å². The summed E-state index contributed by atoms with van der Waals surface area (Å²) >= 11 is 0. The van der Waals surface area contributed by atoms with Crippen LogP contribution in [0.1, 0.15) is 46.6 Å². The maximum Gasteiger partial charge on any atom is 0.359 e. The lowest BCUT2D eigenvalue weighted by Crippen LogP contribution is -2.22. The van der Waals surface area contributed by atoms with Crippen molar-refractivity contribution in [3.8, 4) is 5.69 Å². The molecule has 7 heteroatoms. The van der Waals surface area contributed by atoms with Gasteiger partial charge in [0.2, 0.25) is 0 Å². The lowest BCUT2D eigenvalue weighted by Gasteiger charge is -2.19. The van der Waals surface area contributed by atoms with Crippen molar-refractivity contribution < 1.29 is 14.3 Å². The Bertz CT molecular complexity index is 1180. The van der Waals surface area contributed by atoms with Gasteiger partial charge in [-0.25, -0.2) is 9.48 Å². The van der Waals surface area contributed by atoms with Crippen molar-refractivity contribution in [2.75, 3.05) is 29.9 Å². The summed E-state index contributed by atoms with van der Waals surface area (Å²) < 4.78 is 7.17. The van der Waals surface area contributed by atoms with Gasteiger partial charge in [0.1, 0.15) is 0 Å². The van der Waals surface area contributed by atoms with E-state index in [1.807, 2.05) is 54.1 Å². The lowest BCUT2D eigenvalue weighted by molar-refractivity contribution is -0.119. The molecular formula is C26H28N4O3. The number of carbonyl (C=O) groups excluding carboxylic acids is 2. The second kappa shape index (κ2) is 9.10. The van der Waals surface area contributed by atoms with Crippen LogP contribution in [0.15, 0.2) is 48.5 Å². The largest absolute Gasteiger partial charge is 0.451 e. The van der Waals surface area contributed by atoms with Crippen LogP contribution in [-0.2, 0) is 22.4 Å². The first-order valence-corrected chi connectivity index (χ1v) is 11.6. The van der Waals surface area contributed by atoms with E-state index in [0.29, 0.717) is 5.69 Å². The lowest BCUT2D eigenvalue weighted by atomic mass is 10.1. The molecular weight excluding hydrogens is 416 g/mol. The van der Waals surface area contributed by atoms with Crippen molar-refractivity contribution in [3.05, 3.63) is 71.0 Å². The molecule has 2 aromatic carbocycles. The maximum absolute atomic E-state index is 12.8. The van der Waals surface area contributed by atoms with Gasteiger partial charge >= 0.3 is 5.97 Å². The molecule has 0 radical (unpaired) electrons. The van der Waals surface area contributed by atoms with E-state index in [4.69, 9.17) is 4.74 Å². The molecule has 0 bridgehead atoms. The number of para-hydroxylation sites is 1. The molecule has 1 aliphatic heterocycles. The fraction of sp³-hybridized carbons (Fsp3) is 0.346. The van der Waals surface area contributed by atoms with Crippen LogP contribution in [0.5, 0.6) is 0 Å². The van der Waals surface area contributed by atoms with Crippen molar-refractivity contribution in [2.24, 2.45) is 0 Å². The molecule has 2 aliphatic rings. The first-order chi connectivity index (χ1) is 16.1. The Kier molecular flexibility index (Phi) is 5.86. The number of aromatic nitrogens is 2. The zero-order valence-corrected chi connectivity index (χ0v) is 18.8. The highest BCUT2D eigenvalue weighted by molar-refractivity contribution is 5.96. The van der Waals surface area contributed by atoms with Gasteiger partial charge in [-0.05, 0) is 74.9 Å². The topological polar surface area (TPSA) is 76.5 Å². The first-order valence-electron chi connectivity index (χ1n) is 11.6. The van der Waals surface area contributed by atoms with Gasteiger partial charge in [-0.2, -0.15) is 5.10 Å². The molecule has 7 nitrogen and oxygen atoms in total. The summed E-state index contributed by atoms with van der Waals surface area (Å²) in [6.07, 6.45) is 5.08. The number of nitrogens with one attached hydrogen (secondary N) is 1. The molecule has 0 unspecified atom stereocenters. The molecule has 1 aliphatic carbocycles. The standard InChI is InChI=1S/C26H28N4O3/c1-18-16-20(29-14-5-6-15-29)12-13-22(18)27-24(31)17-33-26(32)25-21-10-7-11-23(21)30(28-25)19-8-3-2-4-9-19/h2-4,8-9,12-13,16H,5-7,10-11,14-15,17H2,1H3,(H,27,31). The molecule has 2 heterocycles. The summed E-state index contributed by atoms with van der Waals surface area (Å²) in [6, 6.07) is 15.8. The average molecular weight is 445 g/mol. The minimum atomic E-state index is -0.556. The summed E-state index contributed by atoms with van der Waals surface area (Å²) in [4.78, 5) is 27.6. The number of fused-ring (bicyclic) bond motifs is 1. The highest BCUT2D eigenvalue weighted by Crippen LogP contribution is 2.28. The minimum absolute atomic E-state index is 0.310. The monoisotopic (exact) mass is 444 g/mol. The van der Waals surface area contributed by atoms with E-state index in [9.17, 15) is 9.59 Å². The van der Waals surface area contributed by atoms with Crippen LogP contribution in [0.25, 0.3) is 5.69 Å². The highest BCUT2D eigenvalue weighted by Gasteiger charge is 2.28. The van der Waals surface area contributed by atoms with E-state index in [-0.39, 0.29) is 12.5 Å². The van der Waals surface area contributed by atoms with Crippen LogP contribution < -0.4 is 10.2 Å². The van der Waals surface area contributed by atoms with E-state index >= 15 is 0 Å². The van der Waals surface area contributed by atoms with Crippen molar-refractivity contribution >= 4 is 23.3 Å². The number of nitrogens with zero attached hydrogens (tertiary/aromatic N) is 3. The van der Waals surface area contributed by atoms with Crippen LogP contribution >= 0.6 is 0 Å². The number of esters is 1. The van der Waals surface area contributed by atoms with Crippen molar-refractivity contribution in [1.82, 2.24) is 9.78 Å². The van der Waals surface area contributed by atoms with E-state index < -0.39 is 5.97 Å². The molecule has 3 aromatic rings. The molecule has 1 N–H and O–H groups in total. The Morgan fingerprint density at radius 1 is 1.00 bits per heavy atom. The number of benzene rings is 2. The third kappa shape index (κ3) is 4.35. The second-order valence-corrected chi connectivity index (χ2v) is 8.69. The number of ether oxygens (including phenoxy) is 1. The normalized spacial score (nSPS) is 14.9. The van der Waals surface area contributed by atoms with Crippen LogP contribution in [0.4, 0.5) is 11.4 Å². The molecule has 1 aromatic heterocycles. The smallest absolute Gasteiger partial charge is 0.359 e. The van der Waals surface area contributed by atoms with Crippen LogP contribution in [-0.4, -0.2) is 41.4 Å². The van der Waals surface area contributed by atoms with Crippen LogP contribution in [0.2, 0.25) is 0 Å². The third-order valence-corrected chi connectivity index (χ3v) is 6.41. The van der Waals surface area contributed by atoms with E-state index in [2.05, 4.69) is 21.4 Å². The van der Waals surface area contributed by atoms with Crippen LogP contribution in [0, 0.1) is 6.92 Å². The molecule has 1 amide bonds. The third-order valence-electron chi connectivity index (χ3n) is 6.41.